The third-order valence-corrected chi connectivity index (χ3v) is 4.41. The maximum Gasteiger partial charge on any atom is 0.319 e. The number of amides is 2. The molecule has 0 N–H and O–H groups in total. The van der Waals surface area contributed by atoms with Crippen LogP contribution in [0.3, 0.4) is 0 Å². The van der Waals surface area contributed by atoms with Crippen molar-refractivity contribution in [2.45, 2.75) is 26.0 Å². The van der Waals surface area contributed by atoms with Gasteiger partial charge in [0, 0.05) is 27.1 Å². The molecule has 0 spiro atoms. The SMILES string of the molecule is Cc1ccc(C2=NOC(CN(Cc3ccccc3)C(=O)N(C)C)C2)cc1. The number of oxime groups is 1. The molecule has 0 bridgehead atoms. The average Bonchev–Trinajstić information content (AvgIpc) is 3.10. The van der Waals surface area contributed by atoms with E-state index in [1.165, 1.54) is 5.56 Å². The van der Waals surface area contributed by atoms with E-state index in [0.717, 1.165) is 16.8 Å². The van der Waals surface area contributed by atoms with Crippen molar-refractivity contribution in [3.63, 3.8) is 0 Å². The number of aryl methyl sites for hydroxylation is 1. The summed E-state index contributed by atoms with van der Waals surface area (Å²) in [6.45, 7) is 3.12. The first-order valence-electron chi connectivity index (χ1n) is 8.83. The van der Waals surface area contributed by atoms with Crippen LogP contribution in [-0.2, 0) is 11.4 Å². The number of hydrogen-bond donors (Lipinski definition) is 0. The Kier molecular flexibility index (Phi) is 5.56. The third kappa shape index (κ3) is 4.42. The van der Waals surface area contributed by atoms with Gasteiger partial charge >= 0.3 is 6.03 Å². The molecule has 1 aliphatic heterocycles. The summed E-state index contributed by atoms with van der Waals surface area (Å²) in [5.74, 6) is 0. The summed E-state index contributed by atoms with van der Waals surface area (Å²) in [5, 5.41) is 4.25. The molecule has 2 aromatic rings. The summed E-state index contributed by atoms with van der Waals surface area (Å²) in [5.41, 5.74) is 4.33. The van der Waals surface area contributed by atoms with Gasteiger partial charge in [-0.1, -0.05) is 65.3 Å². The fourth-order valence-electron chi connectivity index (χ4n) is 2.99. The minimum absolute atomic E-state index is 0.0266. The van der Waals surface area contributed by atoms with Crippen LogP contribution in [0.5, 0.6) is 0 Å². The molecule has 0 saturated carbocycles. The van der Waals surface area contributed by atoms with Crippen molar-refractivity contribution >= 4 is 11.7 Å². The fraction of sp³-hybridized carbons (Fsp3) is 0.333. The van der Waals surface area contributed by atoms with Crippen molar-refractivity contribution in [3.05, 3.63) is 71.3 Å². The lowest BCUT2D eigenvalue weighted by atomic mass is 10.0. The van der Waals surface area contributed by atoms with Crippen LogP contribution in [0.15, 0.2) is 59.8 Å². The van der Waals surface area contributed by atoms with E-state index in [0.29, 0.717) is 19.5 Å². The summed E-state index contributed by atoms with van der Waals surface area (Å²) < 4.78 is 0. The van der Waals surface area contributed by atoms with E-state index in [-0.39, 0.29) is 12.1 Å². The third-order valence-electron chi connectivity index (χ3n) is 4.41. The van der Waals surface area contributed by atoms with Crippen molar-refractivity contribution in [3.8, 4) is 0 Å². The zero-order chi connectivity index (χ0) is 18.5. The number of rotatable bonds is 5. The highest BCUT2D eigenvalue weighted by molar-refractivity contribution is 6.01. The molecule has 5 nitrogen and oxygen atoms in total. The average molecular weight is 351 g/mol. The van der Waals surface area contributed by atoms with Gasteiger partial charge in [-0.25, -0.2) is 4.79 Å². The predicted octanol–water partition coefficient (Wildman–Crippen LogP) is 3.67. The summed E-state index contributed by atoms with van der Waals surface area (Å²) in [6.07, 6.45) is 0.577. The quantitative estimate of drug-likeness (QED) is 0.825. The molecule has 1 unspecified atom stereocenters. The van der Waals surface area contributed by atoms with Crippen molar-refractivity contribution in [2.75, 3.05) is 20.6 Å². The van der Waals surface area contributed by atoms with E-state index in [1.807, 2.05) is 35.2 Å². The van der Waals surface area contributed by atoms with Gasteiger partial charge < -0.3 is 14.6 Å². The molecule has 0 aromatic heterocycles. The topological polar surface area (TPSA) is 45.1 Å². The van der Waals surface area contributed by atoms with Gasteiger partial charge in [0.1, 0.15) is 0 Å². The Bertz CT molecular complexity index is 770. The van der Waals surface area contributed by atoms with Crippen molar-refractivity contribution < 1.29 is 9.63 Å². The van der Waals surface area contributed by atoms with Crippen LogP contribution >= 0.6 is 0 Å². The van der Waals surface area contributed by atoms with Gasteiger partial charge in [0.05, 0.1) is 12.3 Å². The van der Waals surface area contributed by atoms with E-state index in [9.17, 15) is 4.79 Å². The van der Waals surface area contributed by atoms with Gasteiger partial charge in [0.2, 0.25) is 0 Å². The number of nitrogens with zero attached hydrogens (tertiary/aromatic N) is 3. The van der Waals surface area contributed by atoms with Gasteiger partial charge in [-0.15, -0.1) is 0 Å². The molecule has 5 heteroatoms. The first-order valence-corrected chi connectivity index (χ1v) is 8.83. The van der Waals surface area contributed by atoms with Crippen LogP contribution in [0.4, 0.5) is 4.79 Å². The number of hydrogen-bond acceptors (Lipinski definition) is 3. The molecule has 1 atom stereocenters. The fourth-order valence-corrected chi connectivity index (χ4v) is 2.99. The Morgan fingerprint density at radius 1 is 1.12 bits per heavy atom. The van der Waals surface area contributed by atoms with Crippen molar-refractivity contribution in [2.24, 2.45) is 5.16 Å². The molecule has 3 rings (SSSR count). The zero-order valence-corrected chi connectivity index (χ0v) is 15.6. The van der Waals surface area contributed by atoms with Crippen LogP contribution in [0.1, 0.15) is 23.1 Å². The molecule has 0 fully saturated rings. The molecule has 1 heterocycles. The highest BCUT2D eigenvalue weighted by Gasteiger charge is 2.27. The number of urea groups is 1. The Balaban J connectivity index is 1.66. The van der Waals surface area contributed by atoms with Gasteiger partial charge in [0.15, 0.2) is 6.10 Å². The first kappa shape index (κ1) is 18.0. The lowest BCUT2D eigenvalue weighted by molar-refractivity contribution is 0.0551. The van der Waals surface area contributed by atoms with Crippen LogP contribution in [0.25, 0.3) is 0 Å². The number of carbonyl (C=O) groups excluding carboxylic acids is 1. The molecular weight excluding hydrogens is 326 g/mol. The molecule has 136 valence electrons. The first-order chi connectivity index (χ1) is 12.5. The molecule has 2 amide bonds. The summed E-state index contributed by atoms with van der Waals surface area (Å²) in [6, 6.07) is 18.2. The van der Waals surface area contributed by atoms with Crippen molar-refractivity contribution in [1.82, 2.24) is 9.80 Å². The highest BCUT2D eigenvalue weighted by Crippen LogP contribution is 2.19. The minimum atomic E-state index is -0.126. The maximum absolute atomic E-state index is 12.6. The second-order valence-electron chi connectivity index (χ2n) is 6.88. The van der Waals surface area contributed by atoms with Crippen molar-refractivity contribution in [1.29, 1.82) is 0 Å². The predicted molar refractivity (Wildman–Crippen MR) is 103 cm³/mol. The normalized spacial score (nSPS) is 16.0. The van der Waals surface area contributed by atoms with Crippen LogP contribution in [0.2, 0.25) is 0 Å². The Hall–Kier alpha value is -2.82. The Morgan fingerprint density at radius 2 is 1.81 bits per heavy atom. The number of carbonyl (C=O) groups is 1. The summed E-state index contributed by atoms with van der Waals surface area (Å²) in [4.78, 5) is 21.6. The van der Waals surface area contributed by atoms with E-state index in [2.05, 4.69) is 36.3 Å². The minimum Gasteiger partial charge on any atom is -0.390 e. The standard InChI is InChI=1S/C21H25N3O2/c1-16-9-11-18(12-10-16)20-13-19(26-22-20)15-24(21(25)23(2)3)14-17-7-5-4-6-8-17/h4-12,19H,13-15H2,1-3H3. The molecule has 0 radical (unpaired) electrons. The summed E-state index contributed by atoms with van der Waals surface area (Å²) >= 11 is 0. The van der Waals surface area contributed by atoms with Crippen LogP contribution in [0, 0.1) is 6.92 Å². The number of benzene rings is 2. The molecule has 1 aliphatic rings. The second kappa shape index (κ2) is 8.04. The Morgan fingerprint density at radius 3 is 2.46 bits per heavy atom. The smallest absolute Gasteiger partial charge is 0.319 e. The van der Waals surface area contributed by atoms with Gasteiger partial charge in [0.25, 0.3) is 0 Å². The molecule has 26 heavy (non-hydrogen) atoms. The van der Waals surface area contributed by atoms with E-state index >= 15 is 0 Å². The monoisotopic (exact) mass is 351 g/mol. The Labute approximate surface area is 154 Å². The van der Waals surface area contributed by atoms with Gasteiger partial charge in [-0.2, -0.15) is 0 Å². The molecule has 0 aliphatic carbocycles. The van der Waals surface area contributed by atoms with Crippen LogP contribution in [-0.4, -0.2) is 48.3 Å². The largest absolute Gasteiger partial charge is 0.390 e. The van der Waals surface area contributed by atoms with E-state index in [4.69, 9.17) is 4.84 Å². The molecular formula is C21H25N3O2. The molecule has 0 saturated heterocycles. The van der Waals surface area contributed by atoms with Gasteiger partial charge in [-0.3, -0.25) is 0 Å². The maximum atomic E-state index is 12.6. The highest BCUT2D eigenvalue weighted by atomic mass is 16.6. The van der Waals surface area contributed by atoms with Gasteiger partial charge in [-0.05, 0) is 18.1 Å². The zero-order valence-electron chi connectivity index (χ0n) is 15.6. The molecule has 2 aromatic carbocycles. The summed E-state index contributed by atoms with van der Waals surface area (Å²) in [7, 11) is 3.54. The van der Waals surface area contributed by atoms with Crippen LogP contribution < -0.4 is 0 Å². The lowest BCUT2D eigenvalue weighted by Crippen LogP contribution is -2.42. The lowest BCUT2D eigenvalue weighted by Gasteiger charge is -2.27. The van der Waals surface area contributed by atoms with E-state index < -0.39 is 0 Å². The van der Waals surface area contributed by atoms with E-state index in [1.54, 1.807) is 19.0 Å². The second-order valence-corrected chi connectivity index (χ2v) is 6.88.